The van der Waals surface area contributed by atoms with E-state index in [1.807, 2.05) is 12.1 Å². The zero-order chi connectivity index (χ0) is 25.4. The molecule has 3 aromatic carbocycles. The van der Waals surface area contributed by atoms with Crippen LogP contribution in [0.25, 0.3) is 22.0 Å². The molecule has 0 spiro atoms. The Bertz CT molecular complexity index is 1520. The van der Waals surface area contributed by atoms with E-state index in [-0.39, 0.29) is 30.1 Å². The molecular formula is C28H25NO7. The van der Waals surface area contributed by atoms with Gasteiger partial charge in [-0.05, 0) is 36.4 Å². The quantitative estimate of drug-likeness (QED) is 0.357. The first-order valence-electron chi connectivity index (χ1n) is 11.4. The van der Waals surface area contributed by atoms with Gasteiger partial charge >= 0.3 is 0 Å². The standard InChI is InChI=1S/C28H25NO7/c1-33-17-8-10-18(11-9-17)36-15-16(30)14-29-25-19-6-4-5-7-20(19)26(31)23(25)21-12-13-22(34-2)27(35-3)24(21)28(29)32/h4-13,16,30H,14-15H2,1-3H3/t16-/m1/s1. The van der Waals surface area contributed by atoms with Crippen molar-refractivity contribution in [3.63, 3.8) is 0 Å². The van der Waals surface area contributed by atoms with Crippen molar-refractivity contribution in [2.75, 3.05) is 27.9 Å². The largest absolute Gasteiger partial charge is 0.497 e. The lowest BCUT2D eigenvalue weighted by Crippen LogP contribution is -2.32. The van der Waals surface area contributed by atoms with Crippen LogP contribution in [0.3, 0.4) is 0 Å². The maximum Gasteiger partial charge on any atom is 0.262 e. The molecular weight excluding hydrogens is 462 g/mol. The number of hydrogen-bond acceptors (Lipinski definition) is 7. The highest BCUT2D eigenvalue weighted by Gasteiger charge is 2.34. The van der Waals surface area contributed by atoms with Crippen LogP contribution in [0.15, 0.2) is 65.5 Å². The van der Waals surface area contributed by atoms with Gasteiger partial charge in [0.15, 0.2) is 17.3 Å². The number of pyridine rings is 1. The van der Waals surface area contributed by atoms with Crippen molar-refractivity contribution >= 4 is 16.6 Å². The van der Waals surface area contributed by atoms with Gasteiger partial charge in [-0.25, -0.2) is 0 Å². The summed E-state index contributed by atoms with van der Waals surface area (Å²) in [6, 6.07) is 17.5. The minimum absolute atomic E-state index is 0.0591. The Hall–Kier alpha value is -4.30. The van der Waals surface area contributed by atoms with Crippen LogP contribution in [0.1, 0.15) is 15.9 Å². The summed E-state index contributed by atoms with van der Waals surface area (Å²) in [5, 5.41) is 11.6. The second-order valence-corrected chi connectivity index (χ2v) is 8.38. The van der Waals surface area contributed by atoms with Crippen molar-refractivity contribution in [3.8, 4) is 34.3 Å². The highest BCUT2D eigenvalue weighted by molar-refractivity contribution is 6.27. The number of ether oxygens (including phenoxy) is 4. The Balaban J connectivity index is 1.61. The van der Waals surface area contributed by atoms with E-state index in [4.69, 9.17) is 18.9 Å². The first kappa shape index (κ1) is 23.4. The van der Waals surface area contributed by atoms with Crippen LogP contribution in [-0.2, 0) is 6.54 Å². The summed E-state index contributed by atoms with van der Waals surface area (Å²) in [6.45, 7) is -0.147. The fraction of sp³-hybridized carbons (Fsp3) is 0.214. The number of methoxy groups -OCH3 is 3. The van der Waals surface area contributed by atoms with E-state index >= 15 is 0 Å². The molecule has 0 saturated heterocycles. The summed E-state index contributed by atoms with van der Waals surface area (Å²) >= 11 is 0. The molecule has 0 aliphatic heterocycles. The Kier molecular flexibility index (Phi) is 6.12. The number of aromatic nitrogens is 1. The zero-order valence-corrected chi connectivity index (χ0v) is 20.1. The molecule has 0 saturated carbocycles. The predicted octanol–water partition coefficient (Wildman–Crippen LogP) is 3.68. The number of benzene rings is 3. The summed E-state index contributed by atoms with van der Waals surface area (Å²) in [6.07, 6.45) is -1.04. The molecule has 1 N–H and O–H groups in total. The molecule has 5 rings (SSSR count). The van der Waals surface area contributed by atoms with Crippen LogP contribution < -0.4 is 24.5 Å². The van der Waals surface area contributed by atoms with Gasteiger partial charge < -0.3 is 28.6 Å². The minimum Gasteiger partial charge on any atom is -0.497 e. The smallest absolute Gasteiger partial charge is 0.262 e. The first-order chi connectivity index (χ1) is 17.5. The molecule has 1 aliphatic rings. The molecule has 1 aromatic heterocycles. The predicted molar refractivity (Wildman–Crippen MR) is 135 cm³/mol. The van der Waals surface area contributed by atoms with Crippen molar-refractivity contribution in [1.82, 2.24) is 4.57 Å². The van der Waals surface area contributed by atoms with Gasteiger partial charge in [0, 0.05) is 16.5 Å². The second kappa shape index (κ2) is 9.39. The van der Waals surface area contributed by atoms with E-state index in [0.29, 0.717) is 45.0 Å². The Labute approximate surface area is 207 Å². The van der Waals surface area contributed by atoms with E-state index in [2.05, 4.69) is 0 Å². The second-order valence-electron chi connectivity index (χ2n) is 8.38. The number of rotatable bonds is 8. The first-order valence-corrected chi connectivity index (χ1v) is 11.4. The summed E-state index contributed by atoms with van der Waals surface area (Å²) in [7, 11) is 4.51. The fourth-order valence-corrected chi connectivity index (χ4v) is 4.68. The number of fused-ring (bicyclic) bond motifs is 5. The molecule has 1 atom stereocenters. The molecule has 1 aliphatic carbocycles. The number of carbonyl (C=O) groups excluding carboxylic acids is 1. The van der Waals surface area contributed by atoms with Crippen molar-refractivity contribution in [1.29, 1.82) is 0 Å². The molecule has 0 radical (unpaired) electrons. The summed E-state index contributed by atoms with van der Waals surface area (Å²) < 4.78 is 23.2. The number of hydrogen-bond donors (Lipinski definition) is 1. The fourth-order valence-electron chi connectivity index (χ4n) is 4.68. The van der Waals surface area contributed by atoms with E-state index in [9.17, 15) is 14.7 Å². The Morgan fingerprint density at radius 1 is 0.833 bits per heavy atom. The number of carbonyl (C=O) groups is 1. The van der Waals surface area contributed by atoms with Crippen LogP contribution in [0, 0.1) is 0 Å². The van der Waals surface area contributed by atoms with Crippen LogP contribution in [0.4, 0.5) is 0 Å². The van der Waals surface area contributed by atoms with Crippen LogP contribution in [0.2, 0.25) is 0 Å². The van der Waals surface area contributed by atoms with Crippen molar-refractivity contribution in [3.05, 3.63) is 82.1 Å². The molecule has 1 heterocycles. The van der Waals surface area contributed by atoms with Crippen LogP contribution in [0.5, 0.6) is 23.0 Å². The molecule has 36 heavy (non-hydrogen) atoms. The number of aliphatic hydroxyl groups excluding tert-OH is 1. The van der Waals surface area contributed by atoms with Gasteiger partial charge in [0.05, 0.1) is 44.5 Å². The normalized spacial score (nSPS) is 12.7. The maximum absolute atomic E-state index is 13.9. The molecule has 0 bridgehead atoms. The molecule has 184 valence electrons. The van der Waals surface area contributed by atoms with Gasteiger partial charge in [0.1, 0.15) is 24.2 Å². The summed E-state index contributed by atoms with van der Waals surface area (Å²) in [5.74, 6) is 1.67. The molecule has 4 aromatic rings. The average Bonchev–Trinajstić information content (AvgIpc) is 3.21. The number of ketones is 1. The molecule has 0 fully saturated rings. The Morgan fingerprint density at radius 3 is 2.19 bits per heavy atom. The van der Waals surface area contributed by atoms with E-state index in [1.165, 1.54) is 18.8 Å². The van der Waals surface area contributed by atoms with Crippen molar-refractivity contribution in [2.45, 2.75) is 12.6 Å². The van der Waals surface area contributed by atoms with Gasteiger partial charge in [0.2, 0.25) is 0 Å². The van der Waals surface area contributed by atoms with Crippen LogP contribution >= 0.6 is 0 Å². The van der Waals surface area contributed by atoms with Gasteiger partial charge in [-0.3, -0.25) is 9.59 Å². The third kappa shape index (κ3) is 3.76. The minimum atomic E-state index is -1.04. The van der Waals surface area contributed by atoms with Gasteiger partial charge in [-0.2, -0.15) is 0 Å². The maximum atomic E-state index is 13.9. The third-order valence-electron chi connectivity index (χ3n) is 6.33. The summed E-state index contributed by atoms with van der Waals surface area (Å²) in [5.41, 5.74) is 1.63. The van der Waals surface area contributed by atoms with Crippen molar-refractivity contribution < 1.29 is 28.8 Å². The van der Waals surface area contributed by atoms with Crippen LogP contribution in [-0.4, -0.2) is 49.5 Å². The highest BCUT2D eigenvalue weighted by Crippen LogP contribution is 2.43. The average molecular weight is 488 g/mol. The number of aliphatic hydroxyl groups is 1. The Morgan fingerprint density at radius 2 is 1.53 bits per heavy atom. The lowest BCUT2D eigenvalue weighted by molar-refractivity contribution is 0.0919. The molecule has 0 amide bonds. The van der Waals surface area contributed by atoms with E-state index < -0.39 is 11.7 Å². The third-order valence-corrected chi connectivity index (χ3v) is 6.33. The summed E-state index contributed by atoms with van der Waals surface area (Å²) in [4.78, 5) is 27.4. The van der Waals surface area contributed by atoms with Gasteiger partial charge in [0.25, 0.3) is 5.56 Å². The zero-order valence-electron chi connectivity index (χ0n) is 20.1. The lowest BCUT2D eigenvalue weighted by Gasteiger charge is -2.20. The molecule has 8 nitrogen and oxygen atoms in total. The SMILES string of the molecule is COc1ccc(OC[C@H](O)Cn2c3c(c4ccc(OC)c(OC)c4c2=O)C(=O)c2ccccc2-3)cc1. The molecule has 8 heteroatoms. The van der Waals surface area contributed by atoms with Crippen molar-refractivity contribution in [2.24, 2.45) is 0 Å². The van der Waals surface area contributed by atoms with Gasteiger partial charge in [-0.1, -0.05) is 24.3 Å². The monoisotopic (exact) mass is 487 g/mol. The highest BCUT2D eigenvalue weighted by atomic mass is 16.5. The van der Waals surface area contributed by atoms with E-state index in [1.54, 1.807) is 55.6 Å². The van der Waals surface area contributed by atoms with E-state index in [0.717, 1.165) is 0 Å². The topological polar surface area (TPSA) is 96.2 Å². The molecule has 0 unspecified atom stereocenters. The number of nitrogens with zero attached hydrogens (tertiary/aromatic N) is 1. The van der Waals surface area contributed by atoms with Gasteiger partial charge in [-0.15, -0.1) is 0 Å². The lowest BCUT2D eigenvalue weighted by atomic mass is 10.0.